The lowest BCUT2D eigenvalue weighted by atomic mass is 10.3. The third-order valence-corrected chi connectivity index (χ3v) is 4.10. The average molecular weight is 248 g/mol. The molecule has 0 saturated heterocycles. The minimum atomic E-state index is -3.46. The van der Waals surface area contributed by atoms with Gasteiger partial charge in [-0.25, -0.2) is 0 Å². The van der Waals surface area contributed by atoms with Gasteiger partial charge < -0.3 is 18.6 Å². The predicted molar refractivity (Wildman–Crippen MR) is 59.3 cm³/mol. The Balaban J connectivity index is 2.67. The van der Waals surface area contributed by atoms with Crippen LogP contribution >= 0.6 is 7.60 Å². The standard InChI is InChI=1S/C10H17O5P/c1-3-14-16(12,15-4-2)10(11)8-9-6-5-7-13-9/h5-7,10-11H,3-4,8H2,1-2H3. The lowest BCUT2D eigenvalue weighted by Crippen LogP contribution is -2.15. The molecule has 92 valence electrons. The molecule has 0 aliphatic rings. The zero-order valence-electron chi connectivity index (χ0n) is 9.46. The van der Waals surface area contributed by atoms with Crippen LogP contribution in [0.3, 0.4) is 0 Å². The van der Waals surface area contributed by atoms with Crippen LogP contribution in [-0.2, 0) is 20.0 Å². The second-order valence-electron chi connectivity index (χ2n) is 3.14. The van der Waals surface area contributed by atoms with E-state index in [1.807, 2.05) is 0 Å². The molecule has 1 atom stereocenters. The molecule has 6 heteroatoms. The fourth-order valence-corrected chi connectivity index (χ4v) is 2.83. The summed E-state index contributed by atoms with van der Waals surface area (Å²) in [5.41, 5.74) is 0. The van der Waals surface area contributed by atoms with E-state index in [-0.39, 0.29) is 19.6 Å². The molecule has 1 unspecified atom stereocenters. The van der Waals surface area contributed by atoms with E-state index in [1.54, 1.807) is 26.0 Å². The molecule has 0 aromatic carbocycles. The number of aliphatic hydroxyl groups is 1. The van der Waals surface area contributed by atoms with E-state index in [1.165, 1.54) is 6.26 Å². The summed E-state index contributed by atoms with van der Waals surface area (Å²) < 4.78 is 27.2. The molecule has 0 spiro atoms. The minimum Gasteiger partial charge on any atom is -0.469 e. The van der Waals surface area contributed by atoms with Gasteiger partial charge in [-0.05, 0) is 26.0 Å². The summed E-state index contributed by atoms with van der Waals surface area (Å²) in [6.07, 6.45) is 1.61. The van der Waals surface area contributed by atoms with E-state index in [2.05, 4.69) is 0 Å². The number of hydrogen-bond donors (Lipinski definition) is 1. The van der Waals surface area contributed by atoms with Gasteiger partial charge >= 0.3 is 7.60 Å². The number of aliphatic hydroxyl groups excluding tert-OH is 1. The number of hydrogen-bond acceptors (Lipinski definition) is 5. The summed E-state index contributed by atoms with van der Waals surface area (Å²) in [5.74, 6) is -0.648. The summed E-state index contributed by atoms with van der Waals surface area (Å²) in [5, 5.41) is 9.83. The molecule has 0 saturated carbocycles. The average Bonchev–Trinajstić information content (AvgIpc) is 2.71. The van der Waals surface area contributed by atoms with Crippen LogP contribution in [0.2, 0.25) is 0 Å². The highest BCUT2D eigenvalue weighted by atomic mass is 31.2. The molecule has 0 radical (unpaired) electrons. The van der Waals surface area contributed by atoms with Crippen LogP contribution in [0.4, 0.5) is 0 Å². The van der Waals surface area contributed by atoms with Crippen molar-refractivity contribution in [3.8, 4) is 0 Å². The van der Waals surface area contributed by atoms with Gasteiger partial charge in [0.05, 0.1) is 19.5 Å². The Kier molecular flexibility index (Phi) is 5.22. The third-order valence-electron chi connectivity index (χ3n) is 1.95. The first-order chi connectivity index (χ1) is 7.62. The smallest absolute Gasteiger partial charge is 0.359 e. The van der Waals surface area contributed by atoms with E-state index in [0.29, 0.717) is 5.76 Å². The van der Waals surface area contributed by atoms with Gasteiger partial charge in [-0.3, -0.25) is 4.57 Å². The molecule has 1 rings (SSSR count). The van der Waals surface area contributed by atoms with Crippen LogP contribution in [0.15, 0.2) is 22.8 Å². The van der Waals surface area contributed by atoms with Crippen LogP contribution in [-0.4, -0.2) is 24.2 Å². The Morgan fingerprint density at radius 3 is 2.50 bits per heavy atom. The highest BCUT2D eigenvalue weighted by Crippen LogP contribution is 2.52. The maximum Gasteiger partial charge on any atom is 0.359 e. The van der Waals surface area contributed by atoms with Crippen molar-refractivity contribution in [3.63, 3.8) is 0 Å². The summed E-state index contributed by atoms with van der Waals surface area (Å²) >= 11 is 0. The molecule has 0 aliphatic heterocycles. The minimum absolute atomic E-state index is 0.115. The number of rotatable bonds is 7. The monoisotopic (exact) mass is 248 g/mol. The van der Waals surface area contributed by atoms with Gasteiger partial charge in [0, 0.05) is 6.42 Å². The number of furan rings is 1. The van der Waals surface area contributed by atoms with E-state index in [0.717, 1.165) is 0 Å². The summed E-state index contributed by atoms with van der Waals surface area (Å²) in [6, 6.07) is 3.40. The Hall–Kier alpha value is -0.610. The molecule has 1 N–H and O–H groups in total. The Bertz CT molecular complexity index is 325. The molecule has 0 fully saturated rings. The van der Waals surface area contributed by atoms with Crippen molar-refractivity contribution in [1.82, 2.24) is 0 Å². The molecular formula is C10H17O5P. The van der Waals surface area contributed by atoms with Crippen molar-refractivity contribution in [2.75, 3.05) is 13.2 Å². The van der Waals surface area contributed by atoms with Gasteiger partial charge in [0.15, 0.2) is 5.85 Å². The molecular weight excluding hydrogens is 231 g/mol. The maximum absolute atomic E-state index is 12.1. The topological polar surface area (TPSA) is 68.9 Å². The third kappa shape index (κ3) is 3.46. The van der Waals surface area contributed by atoms with Gasteiger partial charge in [-0.2, -0.15) is 0 Å². The molecule has 0 amide bonds. The molecule has 1 aromatic heterocycles. The van der Waals surface area contributed by atoms with Crippen LogP contribution < -0.4 is 0 Å². The maximum atomic E-state index is 12.1. The normalized spacial score (nSPS) is 13.9. The predicted octanol–water partition coefficient (Wildman–Crippen LogP) is 2.41. The van der Waals surface area contributed by atoms with Gasteiger partial charge in [0.2, 0.25) is 0 Å². The van der Waals surface area contributed by atoms with E-state index < -0.39 is 13.4 Å². The lowest BCUT2D eigenvalue weighted by Gasteiger charge is -2.21. The fraction of sp³-hybridized carbons (Fsp3) is 0.600. The lowest BCUT2D eigenvalue weighted by molar-refractivity contribution is 0.145. The van der Waals surface area contributed by atoms with Crippen molar-refractivity contribution < 1.29 is 23.1 Å². The Labute approximate surface area is 94.9 Å². The molecule has 16 heavy (non-hydrogen) atoms. The molecule has 1 aromatic rings. The van der Waals surface area contributed by atoms with Gasteiger partial charge in [0.25, 0.3) is 0 Å². The highest BCUT2D eigenvalue weighted by Gasteiger charge is 2.34. The van der Waals surface area contributed by atoms with Gasteiger partial charge in [-0.15, -0.1) is 0 Å². The quantitative estimate of drug-likeness (QED) is 0.750. The fourth-order valence-electron chi connectivity index (χ4n) is 1.29. The van der Waals surface area contributed by atoms with Gasteiger partial charge in [-0.1, -0.05) is 0 Å². The second-order valence-corrected chi connectivity index (χ2v) is 5.33. The van der Waals surface area contributed by atoms with Crippen LogP contribution in [0.1, 0.15) is 19.6 Å². The molecule has 0 bridgehead atoms. The highest BCUT2D eigenvalue weighted by molar-refractivity contribution is 7.54. The zero-order valence-corrected chi connectivity index (χ0v) is 10.4. The van der Waals surface area contributed by atoms with Crippen LogP contribution in [0, 0.1) is 0 Å². The molecule has 5 nitrogen and oxygen atoms in total. The first-order valence-corrected chi connectivity index (χ1v) is 6.82. The van der Waals surface area contributed by atoms with E-state index >= 15 is 0 Å². The Morgan fingerprint density at radius 1 is 1.44 bits per heavy atom. The van der Waals surface area contributed by atoms with Crippen molar-refractivity contribution in [1.29, 1.82) is 0 Å². The van der Waals surface area contributed by atoms with Crippen molar-refractivity contribution in [2.45, 2.75) is 26.1 Å². The van der Waals surface area contributed by atoms with Crippen molar-refractivity contribution >= 4 is 7.60 Å². The van der Waals surface area contributed by atoms with E-state index in [4.69, 9.17) is 13.5 Å². The largest absolute Gasteiger partial charge is 0.469 e. The first kappa shape index (κ1) is 13.5. The zero-order chi connectivity index (χ0) is 12.0. The van der Waals surface area contributed by atoms with Crippen LogP contribution in [0.5, 0.6) is 0 Å². The van der Waals surface area contributed by atoms with Crippen molar-refractivity contribution in [3.05, 3.63) is 24.2 Å². The summed E-state index contributed by atoms with van der Waals surface area (Å²) in [7, 11) is -3.46. The second kappa shape index (κ2) is 6.21. The summed E-state index contributed by atoms with van der Waals surface area (Å²) in [4.78, 5) is 0. The van der Waals surface area contributed by atoms with E-state index in [9.17, 15) is 9.67 Å². The van der Waals surface area contributed by atoms with Crippen molar-refractivity contribution in [2.24, 2.45) is 0 Å². The molecule has 1 heterocycles. The SMILES string of the molecule is CCOP(=O)(OCC)C(O)Cc1ccco1. The Morgan fingerprint density at radius 2 is 2.06 bits per heavy atom. The van der Waals surface area contributed by atoms with Crippen LogP contribution in [0.25, 0.3) is 0 Å². The first-order valence-electron chi connectivity index (χ1n) is 5.21. The molecule has 0 aliphatic carbocycles. The van der Waals surface area contributed by atoms with Gasteiger partial charge in [0.1, 0.15) is 5.76 Å². The summed E-state index contributed by atoms with van der Waals surface area (Å²) in [6.45, 7) is 3.86.